The second kappa shape index (κ2) is 11.0. The number of nitrogens with zero attached hydrogens (tertiary/aromatic N) is 1. The van der Waals surface area contributed by atoms with Crippen molar-refractivity contribution in [1.29, 1.82) is 0 Å². The van der Waals surface area contributed by atoms with Crippen molar-refractivity contribution in [2.75, 3.05) is 32.9 Å². The molecule has 2 heterocycles. The van der Waals surface area contributed by atoms with Crippen molar-refractivity contribution in [2.24, 2.45) is 5.92 Å². The predicted molar refractivity (Wildman–Crippen MR) is 107 cm³/mol. The Morgan fingerprint density at radius 1 is 1.18 bits per heavy atom. The summed E-state index contributed by atoms with van der Waals surface area (Å²) in [6, 6.07) is 0.0897. The molecule has 0 aliphatic carbocycles. The summed E-state index contributed by atoms with van der Waals surface area (Å²) in [6.45, 7) is 11.2. The number of amides is 2. The van der Waals surface area contributed by atoms with Crippen molar-refractivity contribution in [1.82, 2.24) is 10.2 Å². The monoisotopic (exact) mass is 398 g/mol. The van der Waals surface area contributed by atoms with Crippen molar-refractivity contribution >= 4 is 12.0 Å². The van der Waals surface area contributed by atoms with Gasteiger partial charge in [0.2, 0.25) is 5.91 Å². The van der Waals surface area contributed by atoms with E-state index in [1.54, 1.807) is 0 Å². The van der Waals surface area contributed by atoms with Crippen LogP contribution < -0.4 is 5.32 Å². The molecule has 2 rings (SSSR count). The fraction of sp³-hybridized carbons (Fsp3) is 0.905. The first-order valence-corrected chi connectivity index (χ1v) is 10.7. The number of alkyl carbamates (subject to hydrolysis) is 1. The molecule has 0 spiro atoms. The van der Waals surface area contributed by atoms with Crippen molar-refractivity contribution < 1.29 is 23.8 Å². The number of carbonyl (C=O) groups is 2. The quantitative estimate of drug-likeness (QED) is 0.667. The highest BCUT2D eigenvalue weighted by molar-refractivity contribution is 5.76. The lowest BCUT2D eigenvalue weighted by Gasteiger charge is -2.39. The van der Waals surface area contributed by atoms with Gasteiger partial charge in [0.15, 0.2) is 0 Å². The van der Waals surface area contributed by atoms with Gasteiger partial charge in [0, 0.05) is 45.4 Å². The molecule has 0 aromatic rings. The van der Waals surface area contributed by atoms with Gasteiger partial charge in [0.25, 0.3) is 0 Å². The Balaban J connectivity index is 1.71. The van der Waals surface area contributed by atoms with Crippen molar-refractivity contribution in [3.05, 3.63) is 0 Å². The molecule has 2 atom stereocenters. The fourth-order valence-electron chi connectivity index (χ4n) is 3.91. The molecule has 7 heteroatoms. The molecule has 2 aliphatic heterocycles. The third-order valence-electron chi connectivity index (χ3n) is 5.34. The normalized spacial score (nSPS) is 24.1. The van der Waals surface area contributed by atoms with Gasteiger partial charge in [-0.15, -0.1) is 0 Å². The van der Waals surface area contributed by atoms with Gasteiger partial charge in [-0.2, -0.15) is 0 Å². The summed E-state index contributed by atoms with van der Waals surface area (Å²) in [6.07, 6.45) is 4.68. The summed E-state index contributed by atoms with van der Waals surface area (Å²) < 4.78 is 16.7. The zero-order valence-corrected chi connectivity index (χ0v) is 18.0. The average Bonchev–Trinajstić information content (AvgIpc) is 2.64. The number of likely N-dealkylation sites (tertiary alicyclic amines) is 1. The second-order valence-corrected chi connectivity index (χ2v) is 8.80. The number of carbonyl (C=O) groups excluding carboxylic acids is 2. The minimum absolute atomic E-state index is 0.0897. The Hall–Kier alpha value is -1.34. The molecule has 0 saturated carbocycles. The summed E-state index contributed by atoms with van der Waals surface area (Å²) >= 11 is 0. The largest absolute Gasteiger partial charge is 0.444 e. The predicted octanol–water partition coefficient (Wildman–Crippen LogP) is 3.11. The summed E-state index contributed by atoms with van der Waals surface area (Å²) in [4.78, 5) is 26.3. The van der Waals surface area contributed by atoms with Crippen LogP contribution in [0.25, 0.3) is 0 Å². The van der Waals surface area contributed by atoms with Crippen LogP contribution in [0.2, 0.25) is 0 Å². The average molecular weight is 399 g/mol. The summed E-state index contributed by atoms with van der Waals surface area (Å²) in [5.74, 6) is 0.669. The van der Waals surface area contributed by atoms with E-state index >= 15 is 0 Å². The molecule has 28 heavy (non-hydrogen) atoms. The lowest BCUT2D eigenvalue weighted by molar-refractivity contribution is -0.134. The van der Waals surface area contributed by atoms with Gasteiger partial charge in [-0.05, 0) is 65.7 Å². The molecule has 2 fully saturated rings. The van der Waals surface area contributed by atoms with E-state index in [1.807, 2.05) is 32.6 Å². The van der Waals surface area contributed by atoms with Gasteiger partial charge in [-0.1, -0.05) is 0 Å². The molecule has 2 amide bonds. The molecule has 2 unspecified atom stereocenters. The van der Waals surface area contributed by atoms with E-state index in [9.17, 15) is 9.59 Å². The van der Waals surface area contributed by atoms with E-state index < -0.39 is 5.60 Å². The van der Waals surface area contributed by atoms with Gasteiger partial charge in [-0.25, -0.2) is 4.79 Å². The topological polar surface area (TPSA) is 77.1 Å². The zero-order valence-electron chi connectivity index (χ0n) is 18.0. The van der Waals surface area contributed by atoms with Crippen LogP contribution >= 0.6 is 0 Å². The van der Waals surface area contributed by atoms with E-state index in [2.05, 4.69) is 5.32 Å². The number of hydrogen-bond acceptors (Lipinski definition) is 5. The summed E-state index contributed by atoms with van der Waals surface area (Å²) in [7, 11) is 0. The van der Waals surface area contributed by atoms with Crippen molar-refractivity contribution in [3.63, 3.8) is 0 Å². The third kappa shape index (κ3) is 7.95. The Kier molecular flexibility index (Phi) is 9.02. The van der Waals surface area contributed by atoms with Gasteiger partial charge in [0.05, 0.1) is 6.10 Å². The van der Waals surface area contributed by atoms with Gasteiger partial charge >= 0.3 is 6.09 Å². The summed E-state index contributed by atoms with van der Waals surface area (Å²) in [5.41, 5.74) is -0.489. The van der Waals surface area contributed by atoms with Crippen LogP contribution in [0.15, 0.2) is 0 Å². The molecular formula is C21H38N2O5. The highest BCUT2D eigenvalue weighted by atomic mass is 16.6. The molecule has 1 N–H and O–H groups in total. The SMILES string of the molecule is CCOCCCC(=O)N1CCC(C2CC(NC(=O)OC(C)(C)C)CCO2)CC1. The molecule has 0 bridgehead atoms. The molecule has 0 radical (unpaired) electrons. The maximum Gasteiger partial charge on any atom is 0.407 e. The van der Waals surface area contributed by atoms with Crippen LogP contribution in [0.4, 0.5) is 4.79 Å². The van der Waals surface area contributed by atoms with Crippen molar-refractivity contribution in [3.8, 4) is 0 Å². The molecule has 162 valence electrons. The smallest absolute Gasteiger partial charge is 0.407 e. The molecular weight excluding hydrogens is 360 g/mol. The Bertz CT molecular complexity index is 498. The van der Waals surface area contributed by atoms with Crippen LogP contribution in [0.5, 0.6) is 0 Å². The number of nitrogens with one attached hydrogen (secondary N) is 1. The van der Waals surface area contributed by atoms with Crippen LogP contribution in [0, 0.1) is 5.92 Å². The van der Waals surface area contributed by atoms with E-state index in [0.29, 0.717) is 32.2 Å². The molecule has 0 aromatic heterocycles. The summed E-state index contributed by atoms with van der Waals surface area (Å²) in [5, 5.41) is 2.99. The maximum absolute atomic E-state index is 12.3. The fourth-order valence-corrected chi connectivity index (χ4v) is 3.91. The third-order valence-corrected chi connectivity index (χ3v) is 5.34. The number of ether oxygens (including phenoxy) is 3. The lowest BCUT2D eigenvalue weighted by atomic mass is 9.86. The van der Waals surface area contributed by atoms with Crippen LogP contribution in [-0.4, -0.2) is 67.6 Å². The van der Waals surface area contributed by atoms with Gasteiger partial charge in [0.1, 0.15) is 5.60 Å². The van der Waals surface area contributed by atoms with E-state index in [-0.39, 0.29) is 24.1 Å². The van der Waals surface area contributed by atoms with Gasteiger partial charge in [-0.3, -0.25) is 4.79 Å². The Morgan fingerprint density at radius 3 is 2.54 bits per heavy atom. The van der Waals surface area contributed by atoms with Gasteiger partial charge < -0.3 is 24.4 Å². The van der Waals surface area contributed by atoms with Crippen molar-refractivity contribution in [2.45, 2.75) is 84.0 Å². The Morgan fingerprint density at radius 2 is 1.89 bits per heavy atom. The number of piperidine rings is 1. The van der Waals surface area contributed by atoms with E-state index in [1.165, 1.54) is 0 Å². The minimum Gasteiger partial charge on any atom is -0.444 e. The highest BCUT2D eigenvalue weighted by Gasteiger charge is 2.33. The first-order valence-electron chi connectivity index (χ1n) is 10.7. The standard InChI is InChI=1S/C21H38N2O5/c1-5-26-13-6-7-19(24)23-11-8-16(9-12-23)18-15-17(10-14-27-18)22-20(25)28-21(2,3)4/h16-18H,5-15H2,1-4H3,(H,22,25). The molecule has 2 saturated heterocycles. The first-order chi connectivity index (χ1) is 13.3. The molecule has 0 aromatic carbocycles. The maximum atomic E-state index is 12.3. The van der Waals surface area contributed by atoms with E-state index in [0.717, 1.165) is 45.2 Å². The van der Waals surface area contributed by atoms with E-state index in [4.69, 9.17) is 14.2 Å². The molecule has 7 nitrogen and oxygen atoms in total. The Labute approximate surface area is 169 Å². The van der Waals surface area contributed by atoms with Crippen LogP contribution in [-0.2, 0) is 19.0 Å². The number of rotatable bonds is 7. The second-order valence-electron chi connectivity index (χ2n) is 8.80. The van der Waals surface area contributed by atoms with Crippen LogP contribution in [0.3, 0.4) is 0 Å². The minimum atomic E-state index is -0.489. The van der Waals surface area contributed by atoms with Crippen LogP contribution in [0.1, 0.15) is 66.2 Å². The molecule has 2 aliphatic rings. The zero-order chi connectivity index (χ0) is 20.6. The highest BCUT2D eigenvalue weighted by Crippen LogP contribution is 2.29. The first kappa shape index (κ1) is 22.9. The lowest BCUT2D eigenvalue weighted by Crippen LogP contribution is -2.48. The number of hydrogen-bond donors (Lipinski definition) is 1.